The van der Waals surface area contributed by atoms with E-state index in [0.717, 1.165) is 19.1 Å². The molecule has 0 amide bonds. The molecule has 0 saturated carbocycles. The Morgan fingerprint density at radius 1 is 1.38 bits per heavy atom. The van der Waals surface area contributed by atoms with Crippen molar-refractivity contribution in [3.05, 3.63) is 0 Å². The summed E-state index contributed by atoms with van der Waals surface area (Å²) in [6.45, 7) is 10.9. The lowest BCUT2D eigenvalue weighted by Gasteiger charge is -2.30. The molecule has 13 heavy (non-hydrogen) atoms. The Kier molecular flexibility index (Phi) is 3.74. The van der Waals surface area contributed by atoms with Gasteiger partial charge in [-0.15, -0.1) is 0 Å². The van der Waals surface area contributed by atoms with Gasteiger partial charge in [-0.3, -0.25) is 0 Å². The summed E-state index contributed by atoms with van der Waals surface area (Å²) in [7, 11) is 0. The van der Waals surface area contributed by atoms with E-state index in [0.29, 0.717) is 6.10 Å². The predicted octanol–water partition coefficient (Wildman–Crippen LogP) is 2.19. The fourth-order valence-electron chi connectivity index (χ4n) is 1.73. The minimum atomic E-state index is 0.252. The summed E-state index contributed by atoms with van der Waals surface area (Å²) >= 11 is 0. The van der Waals surface area contributed by atoms with Crippen molar-refractivity contribution in [2.75, 3.05) is 13.2 Å². The maximum atomic E-state index is 5.51. The van der Waals surface area contributed by atoms with Gasteiger partial charge in [0.25, 0.3) is 0 Å². The molecule has 2 heteroatoms. The molecule has 0 radical (unpaired) electrons. The highest BCUT2D eigenvalue weighted by atomic mass is 16.5. The SMILES string of the molecule is C[C@H]1CC(CNC(C)(C)C)CCO1. The molecule has 0 spiro atoms. The average molecular weight is 185 g/mol. The van der Waals surface area contributed by atoms with Crippen LogP contribution in [-0.2, 0) is 4.74 Å². The van der Waals surface area contributed by atoms with Gasteiger partial charge >= 0.3 is 0 Å². The molecule has 1 aliphatic heterocycles. The molecule has 1 saturated heterocycles. The van der Waals surface area contributed by atoms with E-state index in [9.17, 15) is 0 Å². The summed E-state index contributed by atoms with van der Waals surface area (Å²) in [5.41, 5.74) is 0.252. The van der Waals surface area contributed by atoms with Gasteiger partial charge in [-0.2, -0.15) is 0 Å². The molecule has 1 unspecified atom stereocenters. The molecular formula is C11H23NO. The van der Waals surface area contributed by atoms with E-state index in [4.69, 9.17) is 4.74 Å². The van der Waals surface area contributed by atoms with E-state index >= 15 is 0 Å². The van der Waals surface area contributed by atoms with Gasteiger partial charge in [-0.1, -0.05) is 0 Å². The average Bonchev–Trinajstić information content (AvgIpc) is 2.00. The lowest BCUT2D eigenvalue weighted by molar-refractivity contribution is 0.00179. The second-order valence-corrected chi connectivity index (χ2v) is 5.20. The highest BCUT2D eigenvalue weighted by molar-refractivity contribution is 4.76. The number of ether oxygens (including phenoxy) is 1. The lowest BCUT2D eigenvalue weighted by Crippen LogP contribution is -2.41. The smallest absolute Gasteiger partial charge is 0.0550 e. The van der Waals surface area contributed by atoms with Crippen LogP contribution in [0.1, 0.15) is 40.5 Å². The van der Waals surface area contributed by atoms with Gasteiger partial charge in [-0.05, 0) is 53.0 Å². The molecule has 1 rings (SSSR count). The zero-order chi connectivity index (χ0) is 9.90. The highest BCUT2D eigenvalue weighted by Crippen LogP contribution is 2.19. The summed E-state index contributed by atoms with van der Waals surface area (Å²) in [5, 5.41) is 3.56. The van der Waals surface area contributed by atoms with Gasteiger partial charge in [0.2, 0.25) is 0 Å². The van der Waals surface area contributed by atoms with Crippen LogP contribution in [0.2, 0.25) is 0 Å². The van der Waals surface area contributed by atoms with Crippen LogP contribution in [0.25, 0.3) is 0 Å². The molecule has 1 fully saturated rings. The van der Waals surface area contributed by atoms with Crippen LogP contribution >= 0.6 is 0 Å². The molecule has 0 bridgehead atoms. The Balaban J connectivity index is 2.21. The number of rotatable bonds is 2. The predicted molar refractivity (Wildman–Crippen MR) is 55.9 cm³/mol. The van der Waals surface area contributed by atoms with Crippen LogP contribution < -0.4 is 5.32 Å². The minimum Gasteiger partial charge on any atom is -0.378 e. The van der Waals surface area contributed by atoms with Crippen LogP contribution in [0.15, 0.2) is 0 Å². The third-order valence-corrected chi connectivity index (χ3v) is 2.51. The zero-order valence-electron chi connectivity index (χ0n) is 9.39. The minimum absolute atomic E-state index is 0.252. The zero-order valence-corrected chi connectivity index (χ0v) is 9.39. The summed E-state index contributed by atoms with van der Waals surface area (Å²) in [5.74, 6) is 0.808. The van der Waals surface area contributed by atoms with E-state index in [1.807, 2.05) is 0 Å². The van der Waals surface area contributed by atoms with Crippen LogP contribution in [0, 0.1) is 5.92 Å². The Bertz CT molecular complexity index is 151. The normalized spacial score (nSPS) is 30.5. The number of nitrogens with one attached hydrogen (secondary N) is 1. The fraction of sp³-hybridized carbons (Fsp3) is 1.00. The Morgan fingerprint density at radius 3 is 2.62 bits per heavy atom. The molecule has 0 aromatic carbocycles. The summed E-state index contributed by atoms with van der Waals surface area (Å²) in [6, 6.07) is 0. The van der Waals surface area contributed by atoms with Gasteiger partial charge < -0.3 is 10.1 Å². The van der Waals surface area contributed by atoms with Crippen molar-refractivity contribution < 1.29 is 4.74 Å². The quantitative estimate of drug-likeness (QED) is 0.712. The van der Waals surface area contributed by atoms with Crippen molar-refractivity contribution in [2.24, 2.45) is 5.92 Å². The van der Waals surface area contributed by atoms with Gasteiger partial charge in [-0.25, -0.2) is 0 Å². The van der Waals surface area contributed by atoms with Crippen LogP contribution in [0.4, 0.5) is 0 Å². The third kappa shape index (κ3) is 4.63. The van der Waals surface area contributed by atoms with Crippen molar-refractivity contribution in [2.45, 2.75) is 52.2 Å². The molecule has 2 nitrogen and oxygen atoms in total. The van der Waals surface area contributed by atoms with E-state index in [-0.39, 0.29) is 5.54 Å². The van der Waals surface area contributed by atoms with Crippen LogP contribution in [-0.4, -0.2) is 24.8 Å². The van der Waals surface area contributed by atoms with Gasteiger partial charge in [0.1, 0.15) is 0 Å². The first-order valence-corrected chi connectivity index (χ1v) is 5.34. The summed E-state index contributed by atoms with van der Waals surface area (Å²) in [4.78, 5) is 0. The molecule has 2 atom stereocenters. The molecule has 78 valence electrons. The Hall–Kier alpha value is -0.0800. The van der Waals surface area contributed by atoms with Crippen molar-refractivity contribution in [3.63, 3.8) is 0 Å². The Morgan fingerprint density at radius 2 is 2.08 bits per heavy atom. The highest BCUT2D eigenvalue weighted by Gasteiger charge is 2.20. The Labute approximate surface area is 82.0 Å². The lowest BCUT2D eigenvalue weighted by atomic mass is 9.95. The molecule has 1 aliphatic rings. The monoisotopic (exact) mass is 185 g/mol. The molecular weight excluding hydrogens is 162 g/mol. The van der Waals surface area contributed by atoms with Gasteiger partial charge in [0, 0.05) is 12.1 Å². The maximum Gasteiger partial charge on any atom is 0.0550 e. The van der Waals surface area contributed by atoms with E-state index in [1.54, 1.807) is 0 Å². The van der Waals surface area contributed by atoms with Crippen molar-refractivity contribution >= 4 is 0 Å². The first kappa shape index (κ1) is 11.0. The van der Waals surface area contributed by atoms with E-state index in [2.05, 4.69) is 33.0 Å². The van der Waals surface area contributed by atoms with Crippen molar-refractivity contribution in [1.29, 1.82) is 0 Å². The van der Waals surface area contributed by atoms with Crippen molar-refractivity contribution in [3.8, 4) is 0 Å². The van der Waals surface area contributed by atoms with Gasteiger partial charge in [0.15, 0.2) is 0 Å². The molecule has 1 heterocycles. The number of hydrogen-bond donors (Lipinski definition) is 1. The van der Waals surface area contributed by atoms with Crippen LogP contribution in [0.5, 0.6) is 0 Å². The van der Waals surface area contributed by atoms with Crippen LogP contribution in [0.3, 0.4) is 0 Å². The first-order valence-electron chi connectivity index (χ1n) is 5.34. The summed E-state index contributed by atoms with van der Waals surface area (Å²) < 4.78 is 5.51. The van der Waals surface area contributed by atoms with E-state index in [1.165, 1.54) is 12.8 Å². The topological polar surface area (TPSA) is 21.3 Å². The summed E-state index contributed by atoms with van der Waals surface area (Å²) in [6.07, 6.45) is 2.89. The standard InChI is InChI=1S/C11H23NO/c1-9-7-10(5-6-13-9)8-12-11(2,3)4/h9-10,12H,5-8H2,1-4H3/t9-,10?/m0/s1. The molecule has 0 aromatic heterocycles. The van der Waals surface area contributed by atoms with Crippen molar-refractivity contribution in [1.82, 2.24) is 5.32 Å². The van der Waals surface area contributed by atoms with E-state index < -0.39 is 0 Å². The van der Waals surface area contributed by atoms with Gasteiger partial charge in [0.05, 0.1) is 6.10 Å². The molecule has 0 aliphatic carbocycles. The largest absolute Gasteiger partial charge is 0.378 e. The molecule has 0 aromatic rings. The first-order chi connectivity index (χ1) is 5.97. The second-order valence-electron chi connectivity index (χ2n) is 5.20. The molecule has 1 N–H and O–H groups in total. The second kappa shape index (κ2) is 4.43. The maximum absolute atomic E-state index is 5.51. The third-order valence-electron chi connectivity index (χ3n) is 2.51. The number of hydrogen-bond acceptors (Lipinski definition) is 2. The fourth-order valence-corrected chi connectivity index (χ4v) is 1.73.